The van der Waals surface area contributed by atoms with Crippen LogP contribution in [0.15, 0.2) is 59.1 Å². The molecule has 2 aromatic rings. The summed E-state index contributed by atoms with van der Waals surface area (Å²) in [6.45, 7) is 1.63. The average molecular weight is 565 g/mol. The van der Waals surface area contributed by atoms with Crippen LogP contribution in [0.5, 0.6) is 0 Å². The van der Waals surface area contributed by atoms with Gasteiger partial charge in [-0.3, -0.25) is 13.9 Å². The van der Waals surface area contributed by atoms with Crippen molar-refractivity contribution in [2.75, 3.05) is 23.7 Å². The van der Waals surface area contributed by atoms with Crippen molar-refractivity contribution in [2.24, 2.45) is 0 Å². The van der Waals surface area contributed by atoms with Crippen LogP contribution in [0.1, 0.15) is 44.6 Å². The fraction of sp³-hybridized carbons (Fsp3) is 0.462. The third kappa shape index (κ3) is 8.07. The van der Waals surface area contributed by atoms with Crippen molar-refractivity contribution in [3.63, 3.8) is 0 Å². The molecule has 0 heterocycles. The van der Waals surface area contributed by atoms with E-state index >= 15 is 0 Å². The van der Waals surface area contributed by atoms with Crippen molar-refractivity contribution < 1.29 is 18.0 Å². The Balaban J connectivity index is 1.81. The molecule has 0 aromatic heterocycles. The van der Waals surface area contributed by atoms with Gasteiger partial charge in [0.15, 0.2) is 0 Å². The van der Waals surface area contributed by atoms with Gasteiger partial charge < -0.3 is 10.2 Å². The first-order valence-electron chi connectivity index (χ1n) is 12.0. The van der Waals surface area contributed by atoms with Gasteiger partial charge in [0.05, 0.1) is 11.9 Å². The molecule has 0 radical (unpaired) electrons. The van der Waals surface area contributed by atoms with E-state index in [0.29, 0.717) is 23.1 Å². The third-order valence-corrected chi connectivity index (χ3v) is 8.01. The van der Waals surface area contributed by atoms with Crippen molar-refractivity contribution in [1.82, 2.24) is 10.2 Å². The summed E-state index contributed by atoms with van der Waals surface area (Å²) in [5, 5.41) is 3.10. The van der Waals surface area contributed by atoms with Crippen LogP contribution in [0.2, 0.25) is 0 Å². The van der Waals surface area contributed by atoms with Gasteiger partial charge in [-0.2, -0.15) is 0 Å². The minimum Gasteiger partial charge on any atom is -0.352 e. The Kier molecular flexibility index (Phi) is 9.74. The predicted molar refractivity (Wildman–Crippen MR) is 143 cm³/mol. The SMILES string of the molecule is CC(C(=O)NC1CCCCC1)N(CCc1ccccc1)C(=O)CN(c1cccc(Br)c1)S(C)(=O)=O. The molecule has 7 nitrogen and oxygen atoms in total. The van der Waals surface area contributed by atoms with Crippen LogP contribution in [-0.4, -0.2) is 56.6 Å². The Labute approximate surface area is 217 Å². The molecule has 0 aliphatic heterocycles. The van der Waals surface area contributed by atoms with Crippen molar-refractivity contribution >= 4 is 43.5 Å². The van der Waals surface area contributed by atoms with Gasteiger partial charge in [0.1, 0.15) is 12.6 Å². The van der Waals surface area contributed by atoms with Gasteiger partial charge >= 0.3 is 0 Å². The maximum Gasteiger partial charge on any atom is 0.244 e. The number of amides is 2. The van der Waals surface area contributed by atoms with E-state index in [0.717, 1.165) is 41.8 Å². The van der Waals surface area contributed by atoms with Crippen molar-refractivity contribution in [2.45, 2.75) is 57.5 Å². The van der Waals surface area contributed by atoms with E-state index in [1.807, 2.05) is 30.3 Å². The summed E-state index contributed by atoms with van der Waals surface area (Å²) in [5.41, 5.74) is 1.43. The standard InChI is InChI=1S/C26H34BrN3O4S/c1-20(26(32)28-23-13-7-4-8-14-23)29(17-16-21-10-5-3-6-11-21)25(31)19-30(35(2,33)34)24-15-9-12-22(27)18-24/h3,5-6,9-12,15,18,20,23H,4,7-8,13-14,16-17,19H2,1-2H3,(H,28,32). The smallest absolute Gasteiger partial charge is 0.244 e. The summed E-state index contributed by atoms with van der Waals surface area (Å²) >= 11 is 3.36. The Morgan fingerprint density at radius 1 is 1.06 bits per heavy atom. The molecule has 2 amide bonds. The highest BCUT2D eigenvalue weighted by atomic mass is 79.9. The average Bonchev–Trinajstić information content (AvgIpc) is 2.83. The summed E-state index contributed by atoms with van der Waals surface area (Å²) in [7, 11) is -3.73. The van der Waals surface area contributed by atoms with Gasteiger partial charge in [-0.15, -0.1) is 0 Å². The summed E-state index contributed by atoms with van der Waals surface area (Å²) < 4.78 is 27.0. The first-order valence-corrected chi connectivity index (χ1v) is 14.7. The lowest BCUT2D eigenvalue weighted by Crippen LogP contribution is -2.53. The number of hydrogen-bond acceptors (Lipinski definition) is 4. The molecule has 2 aromatic carbocycles. The molecule has 35 heavy (non-hydrogen) atoms. The number of sulfonamides is 1. The fourth-order valence-electron chi connectivity index (χ4n) is 4.38. The fourth-order valence-corrected chi connectivity index (χ4v) is 5.61. The van der Waals surface area contributed by atoms with E-state index in [-0.39, 0.29) is 18.5 Å². The second-order valence-corrected chi connectivity index (χ2v) is 11.9. The van der Waals surface area contributed by atoms with Crippen molar-refractivity contribution in [1.29, 1.82) is 0 Å². The normalized spacial score (nSPS) is 15.3. The monoisotopic (exact) mass is 563 g/mol. The second kappa shape index (κ2) is 12.5. The third-order valence-electron chi connectivity index (χ3n) is 6.38. The van der Waals surface area contributed by atoms with Gasteiger partial charge in [-0.05, 0) is 49.9 Å². The number of nitrogens with zero attached hydrogens (tertiary/aromatic N) is 2. The minimum absolute atomic E-state index is 0.124. The van der Waals surface area contributed by atoms with Crippen molar-refractivity contribution in [3.8, 4) is 0 Å². The minimum atomic E-state index is -3.73. The largest absolute Gasteiger partial charge is 0.352 e. The lowest BCUT2D eigenvalue weighted by molar-refractivity contribution is -0.139. The van der Waals surface area contributed by atoms with Crippen LogP contribution in [0.3, 0.4) is 0 Å². The molecule has 1 saturated carbocycles. The van der Waals surface area contributed by atoms with Crippen LogP contribution in [0.25, 0.3) is 0 Å². The topological polar surface area (TPSA) is 86.8 Å². The molecule has 9 heteroatoms. The number of benzene rings is 2. The molecule has 1 aliphatic rings. The van der Waals surface area contributed by atoms with E-state index in [2.05, 4.69) is 21.2 Å². The first kappa shape index (κ1) is 27.2. The molecule has 1 unspecified atom stereocenters. The lowest BCUT2D eigenvalue weighted by atomic mass is 9.95. The van der Waals surface area contributed by atoms with E-state index in [9.17, 15) is 18.0 Å². The highest BCUT2D eigenvalue weighted by Gasteiger charge is 2.30. The molecule has 1 atom stereocenters. The van der Waals surface area contributed by atoms with E-state index < -0.39 is 22.0 Å². The van der Waals surface area contributed by atoms with E-state index in [1.54, 1.807) is 31.2 Å². The molecule has 0 spiro atoms. The van der Waals surface area contributed by atoms with Crippen molar-refractivity contribution in [3.05, 3.63) is 64.6 Å². The Bertz CT molecular complexity index is 1100. The lowest BCUT2D eigenvalue weighted by Gasteiger charge is -2.33. The number of nitrogens with one attached hydrogen (secondary N) is 1. The molecule has 190 valence electrons. The first-order chi connectivity index (χ1) is 16.6. The van der Waals surface area contributed by atoms with Gasteiger partial charge in [-0.25, -0.2) is 8.42 Å². The van der Waals surface area contributed by atoms with Crippen LogP contribution in [-0.2, 0) is 26.0 Å². The maximum atomic E-state index is 13.5. The van der Waals surface area contributed by atoms with Gasteiger partial charge in [0.2, 0.25) is 21.8 Å². The molecular weight excluding hydrogens is 530 g/mol. The number of halogens is 1. The second-order valence-electron chi connectivity index (χ2n) is 9.09. The summed E-state index contributed by atoms with van der Waals surface area (Å²) in [5.74, 6) is -0.621. The molecule has 3 rings (SSSR count). The predicted octanol–water partition coefficient (Wildman–Crippen LogP) is 4.12. The summed E-state index contributed by atoms with van der Waals surface area (Å²) in [4.78, 5) is 28.2. The van der Waals surface area contributed by atoms with Gasteiger partial charge in [0.25, 0.3) is 0 Å². The molecule has 0 bridgehead atoms. The molecule has 1 fully saturated rings. The Hall–Kier alpha value is -2.39. The Morgan fingerprint density at radius 3 is 2.37 bits per heavy atom. The number of hydrogen-bond donors (Lipinski definition) is 1. The quantitative estimate of drug-likeness (QED) is 0.471. The van der Waals surface area contributed by atoms with Crippen LogP contribution >= 0.6 is 15.9 Å². The molecular formula is C26H34BrN3O4S. The van der Waals surface area contributed by atoms with Gasteiger partial charge in [0, 0.05) is 17.1 Å². The number of rotatable bonds is 10. The zero-order chi connectivity index (χ0) is 25.4. The van der Waals surface area contributed by atoms with Crippen LogP contribution < -0.4 is 9.62 Å². The number of carbonyl (C=O) groups is 2. The zero-order valence-electron chi connectivity index (χ0n) is 20.3. The maximum absolute atomic E-state index is 13.5. The highest BCUT2D eigenvalue weighted by molar-refractivity contribution is 9.10. The molecule has 0 saturated heterocycles. The van der Waals surface area contributed by atoms with Crippen LogP contribution in [0, 0.1) is 0 Å². The number of anilines is 1. The molecule has 1 N–H and O–H groups in total. The van der Waals surface area contributed by atoms with E-state index in [1.165, 1.54) is 11.3 Å². The van der Waals surface area contributed by atoms with Gasteiger partial charge in [-0.1, -0.05) is 71.6 Å². The highest BCUT2D eigenvalue weighted by Crippen LogP contribution is 2.23. The molecule has 1 aliphatic carbocycles. The summed E-state index contributed by atoms with van der Waals surface area (Å²) in [6.07, 6.45) is 6.89. The van der Waals surface area contributed by atoms with Crippen LogP contribution in [0.4, 0.5) is 5.69 Å². The van der Waals surface area contributed by atoms with E-state index in [4.69, 9.17) is 0 Å². The Morgan fingerprint density at radius 2 is 1.74 bits per heavy atom. The number of carbonyl (C=O) groups excluding carboxylic acids is 2. The zero-order valence-corrected chi connectivity index (χ0v) is 22.7. The summed E-state index contributed by atoms with van der Waals surface area (Å²) in [6, 6.07) is 15.9.